The minimum absolute atomic E-state index is 0.261. The largest absolute Gasteiger partial charge is 0.490 e. The van der Waals surface area contributed by atoms with Crippen LogP contribution in [0.15, 0.2) is 24.4 Å². The summed E-state index contributed by atoms with van der Waals surface area (Å²) in [5.74, 6) is 1.54. The minimum Gasteiger partial charge on any atom is -0.490 e. The summed E-state index contributed by atoms with van der Waals surface area (Å²) < 4.78 is 5.94. The van der Waals surface area contributed by atoms with Crippen LogP contribution in [0.5, 0.6) is 5.75 Å². The van der Waals surface area contributed by atoms with E-state index in [9.17, 15) is 0 Å². The molecule has 4 nitrogen and oxygen atoms in total. The fourth-order valence-corrected chi connectivity index (χ4v) is 2.26. The normalized spacial score (nSPS) is 18.5. The van der Waals surface area contributed by atoms with Crippen LogP contribution in [0.1, 0.15) is 18.9 Å². The van der Waals surface area contributed by atoms with Crippen LogP contribution < -0.4 is 10.5 Å². The third-order valence-corrected chi connectivity index (χ3v) is 3.19. The Morgan fingerprint density at radius 2 is 2.29 bits per heavy atom. The van der Waals surface area contributed by atoms with Crippen LogP contribution in [0.3, 0.4) is 0 Å². The molecule has 0 amide bonds. The Bertz CT molecular complexity index is 547. The second-order valence-electron chi connectivity index (χ2n) is 4.46. The quantitative estimate of drug-likeness (QED) is 0.789. The Labute approximate surface area is 99.8 Å². The van der Waals surface area contributed by atoms with Crippen molar-refractivity contribution in [2.45, 2.75) is 25.9 Å². The summed E-state index contributed by atoms with van der Waals surface area (Å²) in [6, 6.07) is 6.18. The molecule has 0 aliphatic carbocycles. The third-order valence-electron chi connectivity index (χ3n) is 3.19. The Kier molecular flexibility index (Phi) is 2.28. The minimum atomic E-state index is 0.261. The molecule has 0 saturated heterocycles. The van der Waals surface area contributed by atoms with Crippen molar-refractivity contribution in [2.75, 3.05) is 5.73 Å². The number of aromatic nitrogens is 2. The number of aromatic amines is 1. The third kappa shape index (κ3) is 1.65. The molecular weight excluding hydrogens is 214 g/mol. The highest BCUT2D eigenvalue weighted by Crippen LogP contribution is 2.39. The maximum absolute atomic E-state index is 5.94. The molecule has 3 N–H and O–H groups in total. The molecule has 1 aromatic heterocycles. The van der Waals surface area contributed by atoms with Crippen molar-refractivity contribution < 1.29 is 4.74 Å². The molecule has 2 aromatic rings. The maximum atomic E-state index is 5.94. The topological polar surface area (TPSA) is 63.9 Å². The predicted octanol–water partition coefficient (Wildman–Crippen LogP) is 2.37. The first kappa shape index (κ1) is 10.2. The van der Waals surface area contributed by atoms with E-state index in [1.54, 1.807) is 6.20 Å². The van der Waals surface area contributed by atoms with E-state index in [1.165, 1.54) is 5.56 Å². The van der Waals surface area contributed by atoms with Gasteiger partial charge in [-0.3, -0.25) is 5.10 Å². The Hall–Kier alpha value is -1.97. The molecule has 1 unspecified atom stereocenters. The zero-order chi connectivity index (χ0) is 11.8. The molecule has 1 aliphatic rings. The molecule has 17 heavy (non-hydrogen) atoms. The van der Waals surface area contributed by atoms with E-state index in [0.29, 0.717) is 5.82 Å². The van der Waals surface area contributed by atoms with E-state index < -0.39 is 0 Å². The zero-order valence-corrected chi connectivity index (χ0v) is 9.73. The maximum Gasteiger partial charge on any atom is 0.130 e. The number of nitrogen functional groups attached to an aromatic ring is 1. The summed E-state index contributed by atoms with van der Waals surface area (Å²) in [5, 5.41) is 6.72. The van der Waals surface area contributed by atoms with Gasteiger partial charge in [0.2, 0.25) is 0 Å². The van der Waals surface area contributed by atoms with Gasteiger partial charge < -0.3 is 10.5 Å². The van der Waals surface area contributed by atoms with Gasteiger partial charge in [-0.2, -0.15) is 5.10 Å². The van der Waals surface area contributed by atoms with Gasteiger partial charge in [0.1, 0.15) is 11.6 Å². The molecule has 0 bridgehead atoms. The number of nitrogens with two attached hydrogens (primary N) is 1. The van der Waals surface area contributed by atoms with Crippen molar-refractivity contribution in [1.82, 2.24) is 10.2 Å². The second-order valence-corrected chi connectivity index (χ2v) is 4.46. The first-order chi connectivity index (χ1) is 8.25. The van der Waals surface area contributed by atoms with E-state index in [1.807, 2.05) is 12.1 Å². The predicted molar refractivity (Wildman–Crippen MR) is 66.8 cm³/mol. The average Bonchev–Trinajstić information content (AvgIpc) is 2.74. The number of anilines is 1. The Morgan fingerprint density at radius 3 is 3.06 bits per heavy atom. The summed E-state index contributed by atoms with van der Waals surface area (Å²) >= 11 is 0. The molecule has 0 fully saturated rings. The lowest BCUT2D eigenvalue weighted by molar-refractivity contribution is 0.193. The first-order valence-corrected chi connectivity index (χ1v) is 5.83. The molecule has 2 heterocycles. The summed E-state index contributed by atoms with van der Waals surface area (Å²) in [6.07, 6.45) is 4.13. The monoisotopic (exact) mass is 229 g/mol. The number of ether oxygens (including phenoxy) is 1. The zero-order valence-electron chi connectivity index (χ0n) is 9.73. The van der Waals surface area contributed by atoms with Crippen molar-refractivity contribution in [2.24, 2.45) is 0 Å². The van der Waals surface area contributed by atoms with Crippen molar-refractivity contribution in [1.29, 1.82) is 0 Å². The molecule has 3 rings (SSSR count). The van der Waals surface area contributed by atoms with Gasteiger partial charge in [0.25, 0.3) is 0 Å². The fraction of sp³-hybridized carbons (Fsp3) is 0.308. The number of hydrogen-bond acceptors (Lipinski definition) is 3. The van der Waals surface area contributed by atoms with Gasteiger partial charge in [0.05, 0.1) is 12.3 Å². The number of nitrogens with zero attached hydrogens (tertiary/aromatic N) is 1. The number of H-pyrrole nitrogens is 1. The molecule has 0 saturated carbocycles. The Morgan fingerprint density at radius 1 is 1.41 bits per heavy atom. The molecule has 0 radical (unpaired) electrons. The molecule has 88 valence electrons. The van der Waals surface area contributed by atoms with Gasteiger partial charge >= 0.3 is 0 Å². The highest BCUT2D eigenvalue weighted by atomic mass is 16.5. The average molecular weight is 229 g/mol. The standard InChI is InChI=1S/C13H15N3O/c1-8-5-6-9-3-2-4-10(12(9)17-8)11-7-15-16-13(11)14/h2-4,7-8H,5-6H2,1H3,(H3,14,15,16). The van der Waals surface area contributed by atoms with E-state index in [2.05, 4.69) is 23.2 Å². The van der Waals surface area contributed by atoms with Crippen LogP contribution >= 0.6 is 0 Å². The van der Waals surface area contributed by atoms with Crippen molar-refractivity contribution in [3.05, 3.63) is 30.0 Å². The lowest BCUT2D eigenvalue weighted by atomic mass is 9.97. The Balaban J connectivity index is 2.15. The van der Waals surface area contributed by atoms with Crippen LogP contribution in [0.2, 0.25) is 0 Å². The molecule has 1 aromatic carbocycles. The van der Waals surface area contributed by atoms with Crippen LogP contribution in [-0.2, 0) is 6.42 Å². The van der Waals surface area contributed by atoms with Gasteiger partial charge in [-0.1, -0.05) is 18.2 Å². The first-order valence-electron chi connectivity index (χ1n) is 5.83. The summed E-state index contributed by atoms with van der Waals surface area (Å²) in [4.78, 5) is 0. The van der Waals surface area contributed by atoms with E-state index >= 15 is 0 Å². The highest BCUT2D eigenvalue weighted by Gasteiger charge is 2.21. The number of rotatable bonds is 1. The van der Waals surface area contributed by atoms with E-state index in [-0.39, 0.29) is 6.10 Å². The second kappa shape index (κ2) is 3.80. The van der Waals surface area contributed by atoms with Crippen LogP contribution in [0, 0.1) is 0 Å². The SMILES string of the molecule is CC1CCc2cccc(-c3cn[nH]c3N)c2O1. The summed E-state index contributed by atoms with van der Waals surface area (Å²) in [6.45, 7) is 2.10. The van der Waals surface area contributed by atoms with Crippen LogP contribution in [0.4, 0.5) is 5.82 Å². The number of hydrogen-bond donors (Lipinski definition) is 2. The summed E-state index contributed by atoms with van der Waals surface area (Å²) in [5.41, 5.74) is 9.06. The summed E-state index contributed by atoms with van der Waals surface area (Å²) in [7, 11) is 0. The number of nitrogens with one attached hydrogen (secondary N) is 1. The number of para-hydroxylation sites is 1. The van der Waals surface area contributed by atoms with Gasteiger partial charge in [-0.25, -0.2) is 0 Å². The van der Waals surface area contributed by atoms with Gasteiger partial charge in [0, 0.05) is 11.1 Å². The van der Waals surface area contributed by atoms with E-state index in [0.717, 1.165) is 29.7 Å². The molecule has 1 atom stereocenters. The van der Waals surface area contributed by atoms with Crippen molar-refractivity contribution in [3.63, 3.8) is 0 Å². The lowest BCUT2D eigenvalue weighted by Crippen LogP contribution is -2.19. The van der Waals surface area contributed by atoms with Gasteiger partial charge in [-0.05, 0) is 25.3 Å². The molecule has 0 spiro atoms. The van der Waals surface area contributed by atoms with Crippen molar-refractivity contribution >= 4 is 5.82 Å². The fourth-order valence-electron chi connectivity index (χ4n) is 2.26. The molecular formula is C13H15N3O. The van der Waals surface area contributed by atoms with Crippen LogP contribution in [0.25, 0.3) is 11.1 Å². The van der Waals surface area contributed by atoms with Gasteiger partial charge in [0.15, 0.2) is 0 Å². The van der Waals surface area contributed by atoms with Crippen LogP contribution in [-0.4, -0.2) is 16.3 Å². The van der Waals surface area contributed by atoms with Crippen molar-refractivity contribution in [3.8, 4) is 16.9 Å². The number of benzene rings is 1. The number of aryl methyl sites for hydroxylation is 1. The lowest BCUT2D eigenvalue weighted by Gasteiger charge is -2.25. The smallest absolute Gasteiger partial charge is 0.130 e. The van der Waals surface area contributed by atoms with E-state index in [4.69, 9.17) is 10.5 Å². The van der Waals surface area contributed by atoms with Gasteiger partial charge in [-0.15, -0.1) is 0 Å². The number of fused-ring (bicyclic) bond motifs is 1. The molecule has 1 aliphatic heterocycles. The molecule has 4 heteroatoms. The highest BCUT2D eigenvalue weighted by molar-refractivity contribution is 5.79.